The fourth-order valence-corrected chi connectivity index (χ4v) is 4.29. The van der Waals surface area contributed by atoms with Crippen molar-refractivity contribution in [1.29, 1.82) is 0 Å². The Morgan fingerprint density at radius 2 is 1.62 bits per heavy atom. The van der Waals surface area contributed by atoms with Crippen LogP contribution in [0.3, 0.4) is 0 Å². The number of nitrogens with one attached hydrogen (secondary N) is 1. The third kappa shape index (κ3) is 5.37. The molecular formula is C26H26BrN3O2. The van der Waals surface area contributed by atoms with E-state index in [4.69, 9.17) is 0 Å². The van der Waals surface area contributed by atoms with Crippen molar-refractivity contribution in [3.63, 3.8) is 0 Å². The lowest BCUT2D eigenvalue weighted by molar-refractivity contribution is -0.130. The van der Waals surface area contributed by atoms with Gasteiger partial charge in [-0.05, 0) is 60.5 Å². The number of amides is 2. The van der Waals surface area contributed by atoms with Gasteiger partial charge in [-0.2, -0.15) is 0 Å². The number of hydrogen-bond acceptors (Lipinski definition) is 3. The maximum absolute atomic E-state index is 12.7. The monoisotopic (exact) mass is 491 g/mol. The van der Waals surface area contributed by atoms with Crippen LogP contribution in [-0.4, -0.2) is 42.9 Å². The Kier molecular flexibility index (Phi) is 6.90. The highest BCUT2D eigenvalue weighted by Gasteiger charge is 2.21. The van der Waals surface area contributed by atoms with Crippen LogP contribution < -0.4 is 10.2 Å². The highest BCUT2D eigenvalue weighted by molar-refractivity contribution is 9.10. The minimum atomic E-state index is -0.139. The molecule has 0 aromatic heterocycles. The summed E-state index contributed by atoms with van der Waals surface area (Å²) in [7, 11) is 0. The lowest BCUT2D eigenvalue weighted by Gasteiger charge is -2.36. The van der Waals surface area contributed by atoms with E-state index in [9.17, 15) is 9.59 Å². The maximum Gasteiger partial charge on any atom is 0.255 e. The number of rotatable bonds is 5. The van der Waals surface area contributed by atoms with Crippen molar-refractivity contribution in [1.82, 2.24) is 4.90 Å². The lowest BCUT2D eigenvalue weighted by atomic mass is 10.1. The summed E-state index contributed by atoms with van der Waals surface area (Å²) in [5, 5.41) is 2.93. The van der Waals surface area contributed by atoms with Crippen LogP contribution in [0.2, 0.25) is 0 Å². The summed E-state index contributed by atoms with van der Waals surface area (Å²) in [6.45, 7) is 5.07. The molecule has 0 bridgehead atoms. The van der Waals surface area contributed by atoms with E-state index >= 15 is 0 Å². The number of aryl methyl sites for hydroxylation is 1. The van der Waals surface area contributed by atoms with Gasteiger partial charge in [-0.3, -0.25) is 9.59 Å². The van der Waals surface area contributed by atoms with Gasteiger partial charge in [0.15, 0.2) is 0 Å². The number of anilines is 2. The first-order chi connectivity index (χ1) is 15.5. The Hall–Kier alpha value is -3.12. The van der Waals surface area contributed by atoms with Crippen molar-refractivity contribution < 1.29 is 9.59 Å². The lowest BCUT2D eigenvalue weighted by Crippen LogP contribution is -2.49. The highest BCUT2D eigenvalue weighted by Crippen LogP contribution is 2.21. The fraction of sp³-hybridized carbons (Fsp3) is 0.231. The number of piperazine rings is 1. The molecule has 3 aromatic carbocycles. The quantitative estimate of drug-likeness (QED) is 0.551. The van der Waals surface area contributed by atoms with Gasteiger partial charge < -0.3 is 15.1 Å². The van der Waals surface area contributed by atoms with Crippen LogP contribution in [0.1, 0.15) is 21.5 Å². The van der Waals surface area contributed by atoms with Gasteiger partial charge in [-0.1, -0.05) is 46.3 Å². The Bertz CT molecular complexity index is 1110. The largest absolute Gasteiger partial charge is 0.368 e. The number of carbonyl (C=O) groups excluding carboxylic acids is 2. The first-order valence-electron chi connectivity index (χ1n) is 10.7. The van der Waals surface area contributed by atoms with Gasteiger partial charge in [-0.25, -0.2) is 0 Å². The molecule has 0 radical (unpaired) electrons. The standard InChI is InChI=1S/C26H26BrN3O2/c1-19-5-2-3-6-20(19)18-25(31)30-15-13-29(14-16-30)24-11-9-23(10-12-24)28-26(32)21-7-4-8-22(27)17-21/h2-12,17H,13-16,18H2,1H3,(H,28,32). The number of nitrogens with zero attached hydrogens (tertiary/aromatic N) is 2. The summed E-state index contributed by atoms with van der Waals surface area (Å²) in [6.07, 6.45) is 0.457. The molecule has 32 heavy (non-hydrogen) atoms. The highest BCUT2D eigenvalue weighted by atomic mass is 79.9. The maximum atomic E-state index is 12.7. The van der Waals surface area contributed by atoms with Gasteiger partial charge in [0.25, 0.3) is 5.91 Å². The molecular weight excluding hydrogens is 466 g/mol. The second-order valence-corrected chi connectivity index (χ2v) is 8.90. The molecule has 0 aliphatic carbocycles. The topological polar surface area (TPSA) is 52.7 Å². The van der Waals surface area contributed by atoms with Crippen molar-refractivity contribution in [2.75, 3.05) is 36.4 Å². The third-order valence-corrected chi connectivity index (χ3v) is 6.31. The number of halogens is 1. The predicted molar refractivity (Wildman–Crippen MR) is 132 cm³/mol. The van der Waals surface area contributed by atoms with Crippen LogP contribution in [0.4, 0.5) is 11.4 Å². The Balaban J connectivity index is 1.30. The summed E-state index contributed by atoms with van der Waals surface area (Å²) in [6, 6.07) is 23.2. The summed E-state index contributed by atoms with van der Waals surface area (Å²) in [5.41, 5.74) is 4.71. The van der Waals surface area contributed by atoms with E-state index in [2.05, 4.69) is 26.1 Å². The van der Waals surface area contributed by atoms with Gasteiger partial charge in [0, 0.05) is 47.6 Å². The van der Waals surface area contributed by atoms with Gasteiger partial charge in [0.2, 0.25) is 5.91 Å². The van der Waals surface area contributed by atoms with Crippen LogP contribution in [0.25, 0.3) is 0 Å². The third-order valence-electron chi connectivity index (χ3n) is 5.81. The number of carbonyl (C=O) groups is 2. The molecule has 4 rings (SSSR count). The predicted octanol–water partition coefficient (Wildman–Crippen LogP) is 4.90. The molecule has 1 N–H and O–H groups in total. The zero-order valence-corrected chi connectivity index (χ0v) is 19.6. The molecule has 0 saturated carbocycles. The van der Waals surface area contributed by atoms with Crippen molar-refractivity contribution in [2.24, 2.45) is 0 Å². The second kappa shape index (κ2) is 10.0. The van der Waals surface area contributed by atoms with E-state index in [0.717, 1.165) is 40.1 Å². The smallest absolute Gasteiger partial charge is 0.255 e. The summed E-state index contributed by atoms with van der Waals surface area (Å²) < 4.78 is 0.872. The number of benzene rings is 3. The molecule has 1 heterocycles. The molecule has 1 aliphatic heterocycles. The first-order valence-corrected chi connectivity index (χ1v) is 11.5. The van der Waals surface area contributed by atoms with Gasteiger partial charge in [0.05, 0.1) is 6.42 Å². The summed E-state index contributed by atoms with van der Waals surface area (Å²) >= 11 is 3.39. The average Bonchev–Trinajstić information content (AvgIpc) is 2.81. The SMILES string of the molecule is Cc1ccccc1CC(=O)N1CCN(c2ccc(NC(=O)c3cccc(Br)c3)cc2)CC1. The van der Waals surface area contributed by atoms with Crippen LogP contribution in [0, 0.1) is 6.92 Å². The number of hydrogen-bond donors (Lipinski definition) is 1. The van der Waals surface area contributed by atoms with Crippen molar-refractivity contribution in [3.05, 3.63) is 94.0 Å². The average molecular weight is 492 g/mol. The molecule has 6 heteroatoms. The molecule has 1 saturated heterocycles. The van der Waals surface area contributed by atoms with Crippen LogP contribution in [0.5, 0.6) is 0 Å². The van der Waals surface area contributed by atoms with Crippen LogP contribution in [-0.2, 0) is 11.2 Å². The van der Waals surface area contributed by atoms with Crippen molar-refractivity contribution in [2.45, 2.75) is 13.3 Å². The molecule has 2 amide bonds. The first kappa shape index (κ1) is 22.1. The van der Waals surface area contributed by atoms with Gasteiger partial charge in [0.1, 0.15) is 0 Å². The normalized spacial score (nSPS) is 13.7. The van der Waals surface area contributed by atoms with Crippen LogP contribution >= 0.6 is 15.9 Å². The molecule has 1 aliphatic rings. The van der Waals surface area contributed by atoms with Crippen molar-refractivity contribution in [3.8, 4) is 0 Å². The van der Waals surface area contributed by atoms with E-state index in [1.54, 1.807) is 12.1 Å². The molecule has 164 valence electrons. The van der Waals surface area contributed by atoms with Crippen molar-refractivity contribution >= 4 is 39.1 Å². The van der Waals surface area contributed by atoms with E-state index < -0.39 is 0 Å². The Morgan fingerprint density at radius 3 is 2.31 bits per heavy atom. The van der Waals surface area contributed by atoms with Gasteiger partial charge in [-0.15, -0.1) is 0 Å². The summed E-state index contributed by atoms with van der Waals surface area (Å²) in [5.74, 6) is 0.0457. The molecule has 1 fully saturated rings. The van der Waals surface area contributed by atoms with E-state index in [-0.39, 0.29) is 11.8 Å². The van der Waals surface area contributed by atoms with Gasteiger partial charge >= 0.3 is 0 Å². The second-order valence-electron chi connectivity index (χ2n) is 7.98. The molecule has 5 nitrogen and oxygen atoms in total. The minimum absolute atomic E-state index is 0.139. The zero-order valence-electron chi connectivity index (χ0n) is 18.1. The van der Waals surface area contributed by atoms with E-state index in [0.29, 0.717) is 25.1 Å². The van der Waals surface area contributed by atoms with E-state index in [1.165, 1.54) is 0 Å². The fourth-order valence-electron chi connectivity index (χ4n) is 3.89. The summed E-state index contributed by atoms with van der Waals surface area (Å²) in [4.78, 5) is 29.4. The zero-order chi connectivity index (χ0) is 22.5. The molecule has 0 spiro atoms. The molecule has 0 atom stereocenters. The Labute approximate surface area is 197 Å². The molecule has 0 unspecified atom stereocenters. The Morgan fingerprint density at radius 1 is 0.906 bits per heavy atom. The molecule has 3 aromatic rings. The van der Waals surface area contributed by atoms with Crippen LogP contribution in [0.15, 0.2) is 77.3 Å². The van der Waals surface area contributed by atoms with E-state index in [1.807, 2.05) is 72.5 Å². The minimum Gasteiger partial charge on any atom is -0.368 e.